The Morgan fingerprint density at radius 2 is 2.16 bits per heavy atom. The second-order valence-electron chi connectivity index (χ2n) is 4.33. The molecule has 0 spiro atoms. The summed E-state index contributed by atoms with van der Waals surface area (Å²) in [4.78, 5) is 14.1. The van der Waals surface area contributed by atoms with Gasteiger partial charge in [0.05, 0.1) is 18.8 Å². The fourth-order valence-electron chi connectivity index (χ4n) is 1.92. The number of hydrogen-bond acceptors (Lipinski definition) is 3. The quantitative estimate of drug-likeness (QED) is 0.912. The van der Waals surface area contributed by atoms with Gasteiger partial charge in [0.2, 0.25) is 0 Å². The minimum Gasteiger partial charge on any atom is -0.379 e. The van der Waals surface area contributed by atoms with Crippen LogP contribution in [0, 0.1) is 5.82 Å². The van der Waals surface area contributed by atoms with E-state index in [9.17, 15) is 9.18 Å². The molecular formula is C13H16BrFN2O2. The summed E-state index contributed by atoms with van der Waals surface area (Å²) in [7, 11) is 0. The first kappa shape index (κ1) is 14.4. The number of benzene rings is 1. The highest BCUT2D eigenvalue weighted by Crippen LogP contribution is 2.17. The van der Waals surface area contributed by atoms with Crippen LogP contribution in [-0.4, -0.2) is 50.2 Å². The standard InChI is InChI=1S/C13H16BrFN2O2/c14-12-2-1-10(15)9-11(12)13(18)16-3-4-17-5-7-19-8-6-17/h1-2,9H,3-8H2,(H,16,18). The summed E-state index contributed by atoms with van der Waals surface area (Å²) in [6, 6.07) is 4.08. The maximum atomic E-state index is 13.1. The van der Waals surface area contributed by atoms with Gasteiger partial charge in [-0.1, -0.05) is 0 Å². The maximum absolute atomic E-state index is 13.1. The summed E-state index contributed by atoms with van der Waals surface area (Å²) in [6.07, 6.45) is 0. The van der Waals surface area contributed by atoms with Crippen LogP contribution in [0.5, 0.6) is 0 Å². The van der Waals surface area contributed by atoms with Gasteiger partial charge >= 0.3 is 0 Å². The predicted octanol–water partition coefficient (Wildman–Crippen LogP) is 1.65. The van der Waals surface area contributed by atoms with E-state index in [2.05, 4.69) is 26.1 Å². The van der Waals surface area contributed by atoms with Crippen LogP contribution in [-0.2, 0) is 4.74 Å². The van der Waals surface area contributed by atoms with E-state index in [1.54, 1.807) is 0 Å². The summed E-state index contributed by atoms with van der Waals surface area (Å²) < 4.78 is 18.9. The molecule has 0 aliphatic carbocycles. The van der Waals surface area contributed by atoms with E-state index in [1.165, 1.54) is 18.2 Å². The van der Waals surface area contributed by atoms with Gasteiger partial charge in [0.15, 0.2) is 0 Å². The van der Waals surface area contributed by atoms with Crippen LogP contribution in [0.3, 0.4) is 0 Å². The molecule has 4 nitrogen and oxygen atoms in total. The lowest BCUT2D eigenvalue weighted by atomic mass is 10.2. The van der Waals surface area contributed by atoms with Crippen molar-refractivity contribution in [1.29, 1.82) is 0 Å². The van der Waals surface area contributed by atoms with E-state index < -0.39 is 5.82 Å². The molecule has 1 amide bonds. The smallest absolute Gasteiger partial charge is 0.252 e. The van der Waals surface area contributed by atoms with Gasteiger partial charge in [-0.15, -0.1) is 0 Å². The van der Waals surface area contributed by atoms with Crippen molar-refractivity contribution in [3.05, 3.63) is 34.1 Å². The first-order valence-corrected chi connectivity index (χ1v) is 6.99. The van der Waals surface area contributed by atoms with Gasteiger partial charge in [0, 0.05) is 30.7 Å². The number of carbonyl (C=O) groups excluding carboxylic acids is 1. The van der Waals surface area contributed by atoms with E-state index in [1.807, 2.05) is 0 Å². The highest BCUT2D eigenvalue weighted by Gasteiger charge is 2.13. The molecule has 1 aromatic carbocycles. The molecule has 0 unspecified atom stereocenters. The molecule has 0 aromatic heterocycles. The molecule has 104 valence electrons. The lowest BCUT2D eigenvalue weighted by Gasteiger charge is -2.26. The third-order valence-electron chi connectivity index (χ3n) is 2.99. The van der Waals surface area contributed by atoms with Gasteiger partial charge < -0.3 is 10.1 Å². The molecule has 6 heteroatoms. The van der Waals surface area contributed by atoms with Crippen molar-refractivity contribution >= 4 is 21.8 Å². The topological polar surface area (TPSA) is 41.6 Å². The van der Waals surface area contributed by atoms with E-state index in [0.717, 1.165) is 32.8 Å². The Hall–Kier alpha value is -0.980. The van der Waals surface area contributed by atoms with Crippen molar-refractivity contribution in [3.63, 3.8) is 0 Å². The molecule has 1 heterocycles. The van der Waals surface area contributed by atoms with Gasteiger partial charge in [-0.05, 0) is 34.1 Å². The zero-order valence-electron chi connectivity index (χ0n) is 10.5. The third-order valence-corrected chi connectivity index (χ3v) is 3.68. The number of ether oxygens (including phenoxy) is 1. The third kappa shape index (κ3) is 4.26. The van der Waals surface area contributed by atoms with Crippen LogP contribution in [0.1, 0.15) is 10.4 Å². The lowest BCUT2D eigenvalue weighted by molar-refractivity contribution is 0.0383. The number of carbonyl (C=O) groups is 1. The Bertz CT molecular complexity index is 450. The molecule has 1 aliphatic heterocycles. The minimum absolute atomic E-state index is 0.264. The second kappa shape index (κ2) is 6.98. The largest absolute Gasteiger partial charge is 0.379 e. The monoisotopic (exact) mass is 330 g/mol. The molecule has 19 heavy (non-hydrogen) atoms. The Morgan fingerprint density at radius 3 is 2.89 bits per heavy atom. The predicted molar refractivity (Wildman–Crippen MR) is 73.7 cm³/mol. The number of hydrogen-bond donors (Lipinski definition) is 1. The zero-order valence-corrected chi connectivity index (χ0v) is 12.1. The maximum Gasteiger partial charge on any atom is 0.252 e. The van der Waals surface area contributed by atoms with E-state index in [0.29, 0.717) is 16.6 Å². The molecule has 1 N–H and O–H groups in total. The summed E-state index contributed by atoms with van der Waals surface area (Å²) in [6.45, 7) is 4.58. The van der Waals surface area contributed by atoms with Crippen molar-refractivity contribution in [2.45, 2.75) is 0 Å². The fraction of sp³-hybridized carbons (Fsp3) is 0.462. The molecule has 0 bridgehead atoms. The van der Waals surface area contributed by atoms with Crippen LogP contribution in [0.2, 0.25) is 0 Å². The van der Waals surface area contributed by atoms with Gasteiger partial charge in [0.1, 0.15) is 5.82 Å². The van der Waals surface area contributed by atoms with Gasteiger partial charge in [-0.2, -0.15) is 0 Å². The van der Waals surface area contributed by atoms with Crippen LogP contribution < -0.4 is 5.32 Å². The first-order valence-electron chi connectivity index (χ1n) is 6.20. The first-order chi connectivity index (χ1) is 9.16. The number of halogens is 2. The Balaban J connectivity index is 1.82. The van der Waals surface area contributed by atoms with E-state index in [4.69, 9.17) is 4.74 Å². The molecule has 0 saturated carbocycles. The number of rotatable bonds is 4. The van der Waals surface area contributed by atoms with Crippen LogP contribution >= 0.6 is 15.9 Å². The number of nitrogens with one attached hydrogen (secondary N) is 1. The summed E-state index contributed by atoms with van der Waals surface area (Å²) in [5, 5.41) is 2.80. The average Bonchev–Trinajstić information content (AvgIpc) is 2.42. The second-order valence-corrected chi connectivity index (χ2v) is 5.19. The molecule has 0 radical (unpaired) electrons. The Kier molecular flexibility index (Phi) is 5.30. The Morgan fingerprint density at radius 1 is 1.42 bits per heavy atom. The highest BCUT2D eigenvalue weighted by molar-refractivity contribution is 9.10. The Labute approximate surface area is 120 Å². The number of nitrogens with zero attached hydrogens (tertiary/aromatic N) is 1. The molecule has 1 aliphatic rings. The van der Waals surface area contributed by atoms with E-state index >= 15 is 0 Å². The van der Waals surface area contributed by atoms with Gasteiger partial charge in [-0.3, -0.25) is 9.69 Å². The number of morpholine rings is 1. The van der Waals surface area contributed by atoms with E-state index in [-0.39, 0.29) is 5.91 Å². The summed E-state index contributed by atoms with van der Waals surface area (Å²) in [5.41, 5.74) is 0.321. The summed E-state index contributed by atoms with van der Waals surface area (Å²) >= 11 is 3.25. The van der Waals surface area contributed by atoms with Crippen LogP contribution in [0.15, 0.2) is 22.7 Å². The van der Waals surface area contributed by atoms with Crippen molar-refractivity contribution < 1.29 is 13.9 Å². The van der Waals surface area contributed by atoms with Crippen molar-refractivity contribution in [2.24, 2.45) is 0 Å². The van der Waals surface area contributed by atoms with Crippen molar-refractivity contribution in [2.75, 3.05) is 39.4 Å². The van der Waals surface area contributed by atoms with Crippen molar-refractivity contribution in [3.8, 4) is 0 Å². The SMILES string of the molecule is O=C(NCCN1CCOCC1)c1cc(F)ccc1Br. The molecule has 2 rings (SSSR count). The zero-order chi connectivity index (χ0) is 13.7. The van der Waals surface area contributed by atoms with Gasteiger partial charge in [-0.25, -0.2) is 4.39 Å². The van der Waals surface area contributed by atoms with Crippen LogP contribution in [0.25, 0.3) is 0 Å². The number of amides is 1. The molecule has 1 aromatic rings. The lowest BCUT2D eigenvalue weighted by Crippen LogP contribution is -2.41. The molecular weight excluding hydrogens is 315 g/mol. The molecule has 1 fully saturated rings. The molecule has 1 saturated heterocycles. The van der Waals surface area contributed by atoms with Crippen molar-refractivity contribution in [1.82, 2.24) is 10.2 Å². The molecule has 0 atom stereocenters. The minimum atomic E-state index is -0.415. The van der Waals surface area contributed by atoms with Crippen LogP contribution in [0.4, 0.5) is 4.39 Å². The fourth-order valence-corrected chi connectivity index (χ4v) is 2.35. The average molecular weight is 331 g/mol. The normalized spacial score (nSPS) is 16.3. The summed E-state index contributed by atoms with van der Waals surface area (Å²) in [5.74, 6) is -0.679. The highest BCUT2D eigenvalue weighted by atomic mass is 79.9. The van der Waals surface area contributed by atoms with Gasteiger partial charge in [0.25, 0.3) is 5.91 Å².